The third-order valence-electron chi connectivity index (χ3n) is 7.15. The van der Waals surface area contributed by atoms with Gasteiger partial charge in [-0.1, -0.05) is 72.8 Å². The Hall–Kier alpha value is -4.63. The molecule has 0 radical (unpaired) electrons. The van der Waals surface area contributed by atoms with Crippen molar-refractivity contribution in [3.8, 4) is 11.5 Å². The van der Waals surface area contributed by atoms with Gasteiger partial charge in [0.25, 0.3) is 0 Å². The predicted octanol–water partition coefficient (Wildman–Crippen LogP) is 6.11. The number of carbonyl (C=O) groups excluding carboxylic acids is 2. The Kier molecular flexibility index (Phi) is 10.7. The van der Waals surface area contributed by atoms with Gasteiger partial charge in [0.1, 0.15) is 24.1 Å². The fourth-order valence-corrected chi connectivity index (χ4v) is 5.75. The minimum Gasteiger partial charge on any atom is -0.457 e. The lowest BCUT2D eigenvalue weighted by Gasteiger charge is -2.35. The number of para-hydroxylation sites is 1. The molecule has 0 aliphatic heterocycles. The lowest BCUT2D eigenvalue weighted by molar-refractivity contribution is -0.140. The molecule has 0 saturated heterocycles. The first kappa shape index (κ1) is 33.3. The number of amides is 2. The quantitative estimate of drug-likeness (QED) is 0.205. The van der Waals surface area contributed by atoms with Crippen LogP contribution in [0.25, 0.3) is 0 Å². The van der Waals surface area contributed by atoms with Crippen LogP contribution in [0.2, 0.25) is 0 Å². The summed E-state index contributed by atoms with van der Waals surface area (Å²) in [6, 6.07) is 32.0. The SMILES string of the molecule is Cc1ccccc1CN(C(=O)CN(c1ccc(Oc2ccccc2)cc1)S(C)(=O)=O)C(Cc1ccccc1)C(=O)NC(C)(C)C. The van der Waals surface area contributed by atoms with Crippen molar-refractivity contribution in [1.82, 2.24) is 10.2 Å². The van der Waals surface area contributed by atoms with Crippen molar-refractivity contribution in [2.45, 2.75) is 52.2 Å². The molecule has 9 heteroatoms. The summed E-state index contributed by atoms with van der Waals surface area (Å²) in [4.78, 5) is 29.7. The van der Waals surface area contributed by atoms with E-state index in [1.54, 1.807) is 24.3 Å². The summed E-state index contributed by atoms with van der Waals surface area (Å²) in [7, 11) is -3.89. The Bertz CT molecular complexity index is 1690. The molecular formula is C36H41N3O5S. The lowest BCUT2D eigenvalue weighted by atomic mass is 10.00. The Morgan fingerprint density at radius 3 is 1.93 bits per heavy atom. The standard InChI is InChI=1S/C36H41N3O5S/c1-27-14-12-13-17-29(27)25-38(33(35(41)37-36(2,3)4)24-28-15-8-6-9-16-28)34(40)26-39(45(5,42)43)30-20-22-32(23-21-30)44-31-18-10-7-11-19-31/h6-23,33H,24-26H2,1-5H3,(H,37,41). The highest BCUT2D eigenvalue weighted by Gasteiger charge is 2.34. The fourth-order valence-electron chi connectivity index (χ4n) is 4.90. The number of carbonyl (C=O) groups is 2. The molecule has 0 heterocycles. The summed E-state index contributed by atoms with van der Waals surface area (Å²) >= 11 is 0. The van der Waals surface area contributed by atoms with E-state index in [9.17, 15) is 18.0 Å². The van der Waals surface area contributed by atoms with Crippen molar-refractivity contribution in [2.75, 3.05) is 17.1 Å². The van der Waals surface area contributed by atoms with Gasteiger partial charge < -0.3 is 15.0 Å². The highest BCUT2D eigenvalue weighted by Crippen LogP contribution is 2.26. The monoisotopic (exact) mass is 627 g/mol. The van der Waals surface area contributed by atoms with Gasteiger partial charge >= 0.3 is 0 Å². The van der Waals surface area contributed by atoms with Crippen LogP contribution in [-0.2, 0) is 32.6 Å². The molecule has 0 fully saturated rings. The van der Waals surface area contributed by atoms with Gasteiger partial charge in [0.15, 0.2) is 0 Å². The third-order valence-corrected chi connectivity index (χ3v) is 8.29. The number of anilines is 1. The van der Waals surface area contributed by atoms with Crippen LogP contribution in [0.5, 0.6) is 11.5 Å². The second kappa shape index (κ2) is 14.4. The highest BCUT2D eigenvalue weighted by molar-refractivity contribution is 7.92. The van der Waals surface area contributed by atoms with Gasteiger partial charge in [-0.2, -0.15) is 0 Å². The molecule has 236 valence electrons. The normalized spacial score (nSPS) is 12.2. The van der Waals surface area contributed by atoms with Crippen LogP contribution in [0.1, 0.15) is 37.5 Å². The molecule has 0 spiro atoms. The first-order valence-electron chi connectivity index (χ1n) is 14.8. The van der Waals surface area contributed by atoms with Crippen LogP contribution in [0.4, 0.5) is 5.69 Å². The van der Waals surface area contributed by atoms with Gasteiger partial charge in [-0.25, -0.2) is 8.42 Å². The van der Waals surface area contributed by atoms with Crippen molar-refractivity contribution in [3.05, 3.63) is 126 Å². The maximum Gasteiger partial charge on any atom is 0.244 e. The third kappa shape index (κ3) is 9.68. The minimum absolute atomic E-state index is 0.127. The molecule has 45 heavy (non-hydrogen) atoms. The zero-order valence-electron chi connectivity index (χ0n) is 26.4. The number of aryl methyl sites for hydroxylation is 1. The molecule has 8 nitrogen and oxygen atoms in total. The second-order valence-electron chi connectivity index (χ2n) is 12.1. The van der Waals surface area contributed by atoms with Crippen LogP contribution in [0, 0.1) is 6.92 Å². The molecule has 0 aliphatic rings. The summed E-state index contributed by atoms with van der Waals surface area (Å²) in [5, 5.41) is 3.04. The zero-order valence-corrected chi connectivity index (χ0v) is 27.3. The molecule has 0 saturated carbocycles. The maximum atomic E-state index is 14.3. The van der Waals surface area contributed by atoms with Gasteiger partial charge in [-0.15, -0.1) is 0 Å². The van der Waals surface area contributed by atoms with E-state index in [0.29, 0.717) is 17.2 Å². The Balaban J connectivity index is 1.70. The maximum absolute atomic E-state index is 14.3. The van der Waals surface area contributed by atoms with Gasteiger partial charge in [-0.3, -0.25) is 13.9 Å². The molecule has 1 atom stereocenters. The van der Waals surface area contributed by atoms with E-state index >= 15 is 0 Å². The topological polar surface area (TPSA) is 96.0 Å². The highest BCUT2D eigenvalue weighted by atomic mass is 32.2. The molecule has 0 aliphatic carbocycles. The average molecular weight is 628 g/mol. The molecule has 1 N–H and O–H groups in total. The summed E-state index contributed by atoms with van der Waals surface area (Å²) < 4.78 is 33.1. The number of sulfonamides is 1. The van der Waals surface area contributed by atoms with Gasteiger partial charge in [0.05, 0.1) is 11.9 Å². The average Bonchev–Trinajstić information content (AvgIpc) is 2.98. The van der Waals surface area contributed by atoms with Gasteiger partial charge in [-0.05, 0) is 80.8 Å². The minimum atomic E-state index is -3.89. The number of benzene rings is 4. The zero-order chi connectivity index (χ0) is 32.6. The Labute approximate surface area is 266 Å². The molecule has 0 bridgehead atoms. The smallest absolute Gasteiger partial charge is 0.244 e. The summed E-state index contributed by atoms with van der Waals surface area (Å²) in [5.74, 6) is 0.345. The number of nitrogens with zero attached hydrogens (tertiary/aromatic N) is 2. The van der Waals surface area contributed by atoms with Crippen molar-refractivity contribution in [1.29, 1.82) is 0 Å². The van der Waals surface area contributed by atoms with Gasteiger partial charge in [0, 0.05) is 18.5 Å². The Morgan fingerprint density at radius 2 is 1.36 bits per heavy atom. The molecule has 4 rings (SSSR count). The number of rotatable bonds is 12. The fraction of sp³-hybridized carbons (Fsp3) is 0.278. The number of hydrogen-bond acceptors (Lipinski definition) is 5. The number of ether oxygens (including phenoxy) is 1. The first-order chi connectivity index (χ1) is 21.3. The van der Waals surface area contributed by atoms with E-state index in [1.165, 1.54) is 4.90 Å². The summed E-state index contributed by atoms with van der Waals surface area (Å²) in [6.45, 7) is 7.23. The van der Waals surface area contributed by atoms with Crippen molar-refractivity contribution >= 4 is 27.5 Å². The van der Waals surface area contributed by atoms with Crippen LogP contribution in [0.15, 0.2) is 109 Å². The number of nitrogens with one attached hydrogen (secondary N) is 1. The molecule has 1 unspecified atom stereocenters. The summed E-state index contributed by atoms with van der Waals surface area (Å²) in [6.07, 6.45) is 1.32. The number of hydrogen-bond donors (Lipinski definition) is 1. The molecule has 4 aromatic carbocycles. The molecule has 0 aromatic heterocycles. The van der Waals surface area contributed by atoms with Crippen molar-refractivity contribution in [2.24, 2.45) is 0 Å². The largest absolute Gasteiger partial charge is 0.457 e. The van der Waals surface area contributed by atoms with Crippen LogP contribution < -0.4 is 14.4 Å². The van der Waals surface area contributed by atoms with E-state index in [-0.39, 0.29) is 18.9 Å². The molecule has 2 amide bonds. The van der Waals surface area contributed by atoms with E-state index in [1.807, 2.05) is 113 Å². The van der Waals surface area contributed by atoms with Crippen LogP contribution in [-0.4, -0.2) is 49.5 Å². The van der Waals surface area contributed by atoms with Gasteiger partial charge in [0.2, 0.25) is 21.8 Å². The predicted molar refractivity (Wildman–Crippen MR) is 179 cm³/mol. The summed E-state index contributed by atoms with van der Waals surface area (Å²) in [5.41, 5.74) is 2.45. The lowest BCUT2D eigenvalue weighted by Crippen LogP contribution is -2.56. The molecular weight excluding hydrogens is 586 g/mol. The molecule has 4 aromatic rings. The van der Waals surface area contributed by atoms with Crippen LogP contribution in [0.3, 0.4) is 0 Å². The van der Waals surface area contributed by atoms with Crippen molar-refractivity contribution < 1.29 is 22.7 Å². The van der Waals surface area contributed by atoms with Crippen LogP contribution >= 0.6 is 0 Å². The Morgan fingerprint density at radius 1 is 0.800 bits per heavy atom. The van der Waals surface area contributed by atoms with E-state index in [0.717, 1.165) is 27.3 Å². The van der Waals surface area contributed by atoms with Crippen molar-refractivity contribution in [3.63, 3.8) is 0 Å². The second-order valence-corrected chi connectivity index (χ2v) is 14.0. The van der Waals surface area contributed by atoms with E-state index in [2.05, 4.69) is 5.32 Å². The first-order valence-corrected chi connectivity index (χ1v) is 16.7. The van der Waals surface area contributed by atoms with E-state index < -0.39 is 34.1 Å². The van der Waals surface area contributed by atoms with E-state index in [4.69, 9.17) is 4.74 Å².